The van der Waals surface area contributed by atoms with Gasteiger partial charge in [-0.25, -0.2) is 9.37 Å². The molecule has 130 valence electrons. The zero-order valence-electron chi connectivity index (χ0n) is 13.7. The Morgan fingerprint density at radius 1 is 1.20 bits per heavy atom. The van der Waals surface area contributed by atoms with E-state index in [1.54, 1.807) is 34.8 Å². The van der Waals surface area contributed by atoms with Crippen molar-refractivity contribution in [2.75, 3.05) is 11.9 Å². The minimum atomic E-state index is -0.229. The minimum Gasteiger partial charge on any atom is -0.357 e. The lowest BCUT2D eigenvalue weighted by Crippen LogP contribution is -2.21. The van der Waals surface area contributed by atoms with Crippen LogP contribution in [0.15, 0.2) is 41.8 Å². The number of thiazole rings is 1. The number of nitrogens with one attached hydrogen (secondary N) is 2. The van der Waals surface area contributed by atoms with Crippen molar-refractivity contribution in [3.63, 3.8) is 0 Å². The van der Waals surface area contributed by atoms with Crippen molar-refractivity contribution in [3.05, 3.63) is 58.0 Å². The first-order valence-electron chi connectivity index (χ1n) is 7.87. The molecule has 4 nitrogen and oxygen atoms in total. The minimum absolute atomic E-state index is 0.00634. The van der Waals surface area contributed by atoms with E-state index < -0.39 is 0 Å². The quantitative estimate of drug-likeness (QED) is 0.647. The summed E-state index contributed by atoms with van der Waals surface area (Å²) in [6, 6.07) is 10.6. The van der Waals surface area contributed by atoms with Crippen molar-refractivity contribution in [1.29, 1.82) is 0 Å². The molecule has 25 heavy (non-hydrogen) atoms. The van der Waals surface area contributed by atoms with Crippen LogP contribution < -0.4 is 10.6 Å². The predicted octanol–water partition coefficient (Wildman–Crippen LogP) is 4.30. The van der Waals surface area contributed by atoms with Gasteiger partial charge in [0.15, 0.2) is 5.13 Å². The number of amides is 1. The predicted molar refractivity (Wildman–Crippen MR) is 102 cm³/mol. The third-order valence-corrected chi connectivity index (χ3v) is 5.49. The van der Waals surface area contributed by atoms with E-state index in [4.69, 9.17) is 0 Å². The molecule has 0 radical (unpaired) electrons. The molecule has 0 atom stereocenters. The number of hydrogen-bond acceptors (Lipinski definition) is 5. The number of halogens is 1. The molecule has 2 heterocycles. The molecule has 2 aromatic heterocycles. The van der Waals surface area contributed by atoms with Gasteiger partial charge in [-0.15, -0.1) is 22.7 Å². The van der Waals surface area contributed by atoms with E-state index >= 15 is 0 Å². The van der Waals surface area contributed by atoms with Crippen molar-refractivity contribution in [2.45, 2.75) is 19.9 Å². The second-order valence-corrected chi connectivity index (χ2v) is 7.54. The first-order chi connectivity index (χ1) is 12.1. The summed E-state index contributed by atoms with van der Waals surface area (Å²) in [6.07, 6.45) is 0.823. The van der Waals surface area contributed by atoms with Gasteiger partial charge in [0.1, 0.15) is 5.82 Å². The molecule has 3 rings (SSSR count). The summed E-state index contributed by atoms with van der Waals surface area (Å²) in [5, 5.41) is 8.93. The number of rotatable bonds is 7. The van der Waals surface area contributed by atoms with E-state index in [2.05, 4.69) is 27.8 Å². The molecule has 1 amide bonds. The number of thiophene rings is 1. The number of aromatic nitrogens is 1. The van der Waals surface area contributed by atoms with Crippen LogP contribution in [0.3, 0.4) is 0 Å². The molecule has 0 saturated carbocycles. The highest BCUT2D eigenvalue weighted by Gasteiger charge is 2.08. The summed E-state index contributed by atoms with van der Waals surface area (Å²) in [4.78, 5) is 17.8. The molecular formula is C18H18FN3OS2. The van der Waals surface area contributed by atoms with Gasteiger partial charge in [0, 0.05) is 30.3 Å². The average Bonchev–Trinajstić information content (AvgIpc) is 3.23. The standard InChI is InChI=1S/C18H18FN3OS2/c1-12(23)20-9-8-15-6-7-17(25-15)16-11-24-18(22-16)21-10-13-2-4-14(19)5-3-13/h2-7,11H,8-10H2,1H3,(H,20,23)(H,21,22). The Kier molecular flexibility index (Phi) is 5.78. The highest BCUT2D eigenvalue weighted by atomic mass is 32.1. The molecule has 3 aromatic rings. The maximum absolute atomic E-state index is 12.9. The van der Waals surface area contributed by atoms with E-state index in [0.29, 0.717) is 13.1 Å². The fourth-order valence-corrected chi connectivity index (χ4v) is 4.01. The molecule has 0 spiro atoms. The molecule has 7 heteroatoms. The lowest BCUT2D eigenvalue weighted by Gasteiger charge is -2.02. The Hall–Kier alpha value is -2.25. The van der Waals surface area contributed by atoms with Gasteiger partial charge in [-0.3, -0.25) is 4.79 Å². The van der Waals surface area contributed by atoms with Gasteiger partial charge in [-0.2, -0.15) is 0 Å². The SMILES string of the molecule is CC(=O)NCCc1ccc(-c2csc(NCc3ccc(F)cc3)n2)s1. The molecule has 0 bridgehead atoms. The van der Waals surface area contributed by atoms with Crippen molar-refractivity contribution in [2.24, 2.45) is 0 Å². The van der Waals surface area contributed by atoms with Crippen LogP contribution in [-0.4, -0.2) is 17.4 Å². The molecule has 0 fully saturated rings. The Morgan fingerprint density at radius 3 is 2.76 bits per heavy atom. The topological polar surface area (TPSA) is 54.0 Å². The molecule has 0 unspecified atom stereocenters. The summed E-state index contributed by atoms with van der Waals surface area (Å²) in [5.74, 6) is -0.236. The third-order valence-electron chi connectivity index (χ3n) is 3.52. The monoisotopic (exact) mass is 375 g/mol. The van der Waals surface area contributed by atoms with Crippen LogP contribution in [0.4, 0.5) is 9.52 Å². The summed E-state index contributed by atoms with van der Waals surface area (Å²) in [6.45, 7) is 2.78. The molecule has 0 aliphatic carbocycles. The maximum Gasteiger partial charge on any atom is 0.216 e. The average molecular weight is 375 g/mol. The zero-order valence-corrected chi connectivity index (χ0v) is 15.3. The van der Waals surface area contributed by atoms with Gasteiger partial charge >= 0.3 is 0 Å². The van der Waals surface area contributed by atoms with Crippen molar-refractivity contribution in [3.8, 4) is 10.6 Å². The molecule has 1 aromatic carbocycles. The van der Waals surface area contributed by atoms with Crippen molar-refractivity contribution < 1.29 is 9.18 Å². The van der Waals surface area contributed by atoms with Crippen LogP contribution >= 0.6 is 22.7 Å². The lowest BCUT2D eigenvalue weighted by atomic mass is 10.2. The van der Waals surface area contributed by atoms with E-state index in [0.717, 1.165) is 27.7 Å². The molecule has 0 aliphatic heterocycles. The molecular weight excluding hydrogens is 357 g/mol. The Balaban J connectivity index is 1.56. The number of anilines is 1. The number of carbonyl (C=O) groups is 1. The fourth-order valence-electron chi connectivity index (χ4n) is 2.26. The fraction of sp³-hybridized carbons (Fsp3) is 0.222. The Morgan fingerprint density at radius 2 is 2.00 bits per heavy atom. The highest BCUT2D eigenvalue weighted by molar-refractivity contribution is 7.17. The maximum atomic E-state index is 12.9. The van der Waals surface area contributed by atoms with Crippen LogP contribution in [0.5, 0.6) is 0 Å². The number of carbonyl (C=O) groups excluding carboxylic acids is 1. The number of benzene rings is 1. The second-order valence-electron chi connectivity index (χ2n) is 5.52. The normalized spacial score (nSPS) is 10.6. The first kappa shape index (κ1) is 17.6. The van der Waals surface area contributed by atoms with Crippen molar-refractivity contribution in [1.82, 2.24) is 10.3 Å². The lowest BCUT2D eigenvalue weighted by molar-refractivity contribution is -0.118. The zero-order chi connectivity index (χ0) is 17.6. The molecule has 0 saturated heterocycles. The van der Waals surface area contributed by atoms with Crippen LogP contribution in [-0.2, 0) is 17.8 Å². The summed E-state index contributed by atoms with van der Waals surface area (Å²) in [5.41, 5.74) is 1.96. The number of hydrogen-bond donors (Lipinski definition) is 2. The van der Waals surface area contributed by atoms with E-state index in [1.165, 1.54) is 23.9 Å². The summed E-state index contributed by atoms with van der Waals surface area (Å²) in [7, 11) is 0. The second kappa shape index (κ2) is 8.22. The van der Waals surface area contributed by atoms with Gasteiger partial charge in [-0.05, 0) is 36.2 Å². The first-order valence-corrected chi connectivity index (χ1v) is 9.57. The van der Waals surface area contributed by atoms with Gasteiger partial charge < -0.3 is 10.6 Å². The van der Waals surface area contributed by atoms with Crippen LogP contribution in [0.2, 0.25) is 0 Å². The van der Waals surface area contributed by atoms with Crippen LogP contribution in [0.25, 0.3) is 10.6 Å². The van der Waals surface area contributed by atoms with Crippen LogP contribution in [0, 0.1) is 5.82 Å². The van der Waals surface area contributed by atoms with Gasteiger partial charge in [0.2, 0.25) is 5.91 Å². The van der Waals surface area contributed by atoms with E-state index in [-0.39, 0.29) is 11.7 Å². The van der Waals surface area contributed by atoms with Gasteiger partial charge in [-0.1, -0.05) is 12.1 Å². The van der Waals surface area contributed by atoms with E-state index in [1.807, 2.05) is 5.38 Å². The Bertz CT molecular complexity index is 842. The smallest absolute Gasteiger partial charge is 0.216 e. The number of nitrogens with zero attached hydrogens (tertiary/aromatic N) is 1. The summed E-state index contributed by atoms with van der Waals surface area (Å²) >= 11 is 3.24. The molecule has 0 aliphatic rings. The van der Waals surface area contributed by atoms with E-state index in [9.17, 15) is 9.18 Å². The third kappa shape index (κ3) is 5.11. The van der Waals surface area contributed by atoms with Crippen LogP contribution in [0.1, 0.15) is 17.4 Å². The Labute approximate surface area is 153 Å². The van der Waals surface area contributed by atoms with Gasteiger partial charge in [0.05, 0.1) is 10.6 Å². The highest BCUT2D eigenvalue weighted by Crippen LogP contribution is 2.31. The van der Waals surface area contributed by atoms with Crippen molar-refractivity contribution >= 4 is 33.7 Å². The van der Waals surface area contributed by atoms with Gasteiger partial charge in [0.25, 0.3) is 0 Å². The summed E-state index contributed by atoms with van der Waals surface area (Å²) < 4.78 is 12.9. The molecule has 2 N–H and O–H groups in total. The largest absolute Gasteiger partial charge is 0.357 e.